The first-order valence-electron chi connectivity index (χ1n) is 5.00. The first-order chi connectivity index (χ1) is 8.59. The van der Waals surface area contributed by atoms with Gasteiger partial charge in [0.15, 0.2) is 5.56 Å². The number of aromatic amines is 2. The predicted molar refractivity (Wildman–Crippen MR) is 64.0 cm³/mol. The van der Waals surface area contributed by atoms with Gasteiger partial charge in [-0.1, -0.05) is 12.2 Å². The number of carboxylic acids is 1. The maximum absolute atomic E-state index is 11.5. The molecule has 0 aliphatic carbocycles. The Morgan fingerprint density at radius 1 is 1.11 bits per heavy atom. The molecular weight excluding hydrogens is 238 g/mol. The minimum Gasteiger partial charge on any atom is -0.477 e. The molecule has 1 aliphatic rings. The van der Waals surface area contributed by atoms with Crippen molar-refractivity contribution in [1.29, 1.82) is 0 Å². The average molecular weight is 247 g/mol. The van der Waals surface area contributed by atoms with E-state index in [1.807, 2.05) is 4.98 Å². The molecule has 1 aliphatic heterocycles. The zero-order valence-electron chi connectivity index (χ0n) is 9.06. The fourth-order valence-electron chi connectivity index (χ4n) is 1.51. The summed E-state index contributed by atoms with van der Waals surface area (Å²) >= 11 is 0. The van der Waals surface area contributed by atoms with Crippen LogP contribution in [0.4, 0.5) is 0 Å². The zero-order chi connectivity index (χ0) is 13.1. The Hall–Kier alpha value is -2.83. The summed E-state index contributed by atoms with van der Waals surface area (Å²) in [6, 6.07) is 0. The van der Waals surface area contributed by atoms with Gasteiger partial charge in [-0.3, -0.25) is 9.78 Å². The Labute approximate surface area is 100 Å². The van der Waals surface area contributed by atoms with Gasteiger partial charge < -0.3 is 15.4 Å². The van der Waals surface area contributed by atoms with Crippen molar-refractivity contribution in [3.05, 3.63) is 62.6 Å². The van der Waals surface area contributed by atoms with Crippen molar-refractivity contribution in [3.8, 4) is 0 Å². The molecule has 0 aromatic carbocycles. The van der Waals surface area contributed by atoms with Crippen LogP contribution in [0.15, 0.2) is 40.1 Å². The Morgan fingerprint density at radius 2 is 1.89 bits per heavy atom. The molecule has 18 heavy (non-hydrogen) atoms. The highest BCUT2D eigenvalue weighted by molar-refractivity contribution is 5.92. The lowest BCUT2D eigenvalue weighted by molar-refractivity contribution is 0.0694. The third-order valence-electron chi connectivity index (χ3n) is 2.25. The van der Waals surface area contributed by atoms with Crippen molar-refractivity contribution < 1.29 is 9.90 Å². The van der Waals surface area contributed by atoms with Crippen LogP contribution in [-0.4, -0.2) is 21.0 Å². The van der Waals surface area contributed by atoms with E-state index >= 15 is 0 Å². The largest absolute Gasteiger partial charge is 0.477 e. The molecule has 0 atom stereocenters. The highest BCUT2D eigenvalue weighted by Crippen LogP contribution is 2.11. The average Bonchev–Trinajstić information content (AvgIpc) is 2.55. The van der Waals surface area contributed by atoms with Crippen LogP contribution >= 0.6 is 0 Å². The molecule has 1 aromatic heterocycles. The molecule has 0 amide bonds. The topological polar surface area (TPSA) is 115 Å². The second-order valence-electron chi connectivity index (χ2n) is 3.43. The van der Waals surface area contributed by atoms with Crippen molar-refractivity contribution in [2.75, 3.05) is 0 Å². The smallest absolute Gasteiger partial charge is 0.343 e. The molecule has 7 heteroatoms. The lowest BCUT2D eigenvalue weighted by Crippen LogP contribution is -2.31. The minimum atomic E-state index is -1.41. The summed E-state index contributed by atoms with van der Waals surface area (Å²) < 4.78 is 0. The normalized spacial score (nSPS) is 13.7. The van der Waals surface area contributed by atoms with Crippen LogP contribution in [0.25, 0.3) is 5.70 Å². The number of carbonyl (C=O) groups is 1. The summed E-state index contributed by atoms with van der Waals surface area (Å²) in [5.74, 6) is -1.41. The van der Waals surface area contributed by atoms with Gasteiger partial charge in [0.1, 0.15) is 0 Å². The SMILES string of the molecule is O=C(O)c1c(C2=CC=CC=CN2)[nH]c(=O)[nH]c1=O. The highest BCUT2D eigenvalue weighted by Gasteiger charge is 2.19. The van der Waals surface area contributed by atoms with Gasteiger partial charge in [-0.2, -0.15) is 0 Å². The van der Waals surface area contributed by atoms with Crippen LogP contribution in [0.1, 0.15) is 16.1 Å². The first kappa shape index (κ1) is 11.6. The first-order valence-corrected chi connectivity index (χ1v) is 5.00. The van der Waals surface area contributed by atoms with Crippen molar-refractivity contribution in [2.24, 2.45) is 0 Å². The number of rotatable bonds is 2. The molecular formula is C11H9N3O4. The van der Waals surface area contributed by atoms with Gasteiger partial charge in [-0.25, -0.2) is 9.59 Å². The molecule has 1 aromatic rings. The Bertz CT molecular complexity index is 691. The third-order valence-corrected chi connectivity index (χ3v) is 2.25. The number of carboxylic acid groups (broad SMARTS) is 1. The van der Waals surface area contributed by atoms with Crippen LogP contribution < -0.4 is 16.6 Å². The fraction of sp³-hybridized carbons (Fsp3) is 0. The Morgan fingerprint density at radius 3 is 2.61 bits per heavy atom. The molecule has 0 spiro atoms. The van der Waals surface area contributed by atoms with Gasteiger partial charge in [0, 0.05) is 6.20 Å². The van der Waals surface area contributed by atoms with Gasteiger partial charge in [0.2, 0.25) is 0 Å². The van der Waals surface area contributed by atoms with E-state index in [-0.39, 0.29) is 5.69 Å². The van der Waals surface area contributed by atoms with E-state index in [0.29, 0.717) is 5.70 Å². The quantitative estimate of drug-likeness (QED) is 0.576. The molecule has 2 rings (SSSR count). The maximum Gasteiger partial charge on any atom is 0.343 e. The van der Waals surface area contributed by atoms with E-state index in [9.17, 15) is 14.4 Å². The maximum atomic E-state index is 11.5. The fourth-order valence-corrected chi connectivity index (χ4v) is 1.51. The van der Waals surface area contributed by atoms with Gasteiger partial charge in [-0.15, -0.1) is 0 Å². The molecule has 0 bridgehead atoms. The van der Waals surface area contributed by atoms with Crippen molar-refractivity contribution in [3.63, 3.8) is 0 Å². The van der Waals surface area contributed by atoms with E-state index < -0.39 is 22.8 Å². The number of hydrogen-bond acceptors (Lipinski definition) is 4. The lowest BCUT2D eigenvalue weighted by atomic mass is 10.1. The molecule has 0 saturated heterocycles. The number of allylic oxidation sites excluding steroid dienone is 4. The van der Waals surface area contributed by atoms with Gasteiger partial charge >= 0.3 is 11.7 Å². The summed E-state index contributed by atoms with van der Waals surface area (Å²) in [5.41, 5.74) is -1.97. The summed E-state index contributed by atoms with van der Waals surface area (Å²) in [4.78, 5) is 37.9. The molecule has 4 N–H and O–H groups in total. The molecule has 0 radical (unpaired) electrons. The molecule has 0 fully saturated rings. The number of aromatic carboxylic acids is 1. The van der Waals surface area contributed by atoms with Gasteiger partial charge in [-0.05, 0) is 12.2 Å². The predicted octanol–water partition coefficient (Wildman–Crippen LogP) is -0.225. The second-order valence-corrected chi connectivity index (χ2v) is 3.43. The highest BCUT2D eigenvalue weighted by atomic mass is 16.4. The standard InChI is InChI=1S/C11H9N3O4/c15-9-7(10(16)17)8(13-11(18)14-9)6-4-2-1-3-5-12-6/h1-5,12H,(H,16,17)(H2,13,14,15,18). The lowest BCUT2D eigenvalue weighted by Gasteiger charge is -2.08. The number of H-pyrrole nitrogens is 2. The molecule has 2 heterocycles. The summed E-state index contributed by atoms with van der Waals surface area (Å²) in [5, 5.41) is 11.8. The van der Waals surface area contributed by atoms with Crippen molar-refractivity contribution >= 4 is 11.7 Å². The summed E-state index contributed by atoms with van der Waals surface area (Å²) in [6.45, 7) is 0. The second kappa shape index (κ2) is 4.58. The Kier molecular flexibility index (Phi) is 2.96. The number of nitrogens with one attached hydrogen (secondary N) is 3. The summed E-state index contributed by atoms with van der Waals surface area (Å²) in [7, 11) is 0. The number of hydrogen-bond donors (Lipinski definition) is 4. The zero-order valence-corrected chi connectivity index (χ0v) is 9.06. The molecule has 0 unspecified atom stereocenters. The van der Waals surface area contributed by atoms with Gasteiger partial charge in [0.05, 0.1) is 11.4 Å². The van der Waals surface area contributed by atoms with E-state index in [0.717, 1.165) is 0 Å². The monoisotopic (exact) mass is 247 g/mol. The van der Waals surface area contributed by atoms with Crippen LogP contribution in [0, 0.1) is 0 Å². The van der Waals surface area contributed by atoms with Crippen LogP contribution in [0.5, 0.6) is 0 Å². The van der Waals surface area contributed by atoms with Crippen molar-refractivity contribution in [1.82, 2.24) is 15.3 Å². The molecule has 92 valence electrons. The molecule has 7 nitrogen and oxygen atoms in total. The summed E-state index contributed by atoms with van der Waals surface area (Å²) in [6.07, 6.45) is 8.16. The van der Waals surface area contributed by atoms with Crippen molar-refractivity contribution in [2.45, 2.75) is 0 Å². The molecule has 0 saturated carbocycles. The van der Waals surface area contributed by atoms with E-state index in [2.05, 4.69) is 10.3 Å². The minimum absolute atomic E-state index is 0.0625. The van der Waals surface area contributed by atoms with Gasteiger partial charge in [0.25, 0.3) is 5.56 Å². The van der Waals surface area contributed by atoms with Crippen LogP contribution in [0.2, 0.25) is 0 Å². The van der Waals surface area contributed by atoms with E-state index in [1.54, 1.807) is 30.5 Å². The Balaban J connectivity index is 2.70. The van der Waals surface area contributed by atoms with E-state index in [4.69, 9.17) is 5.11 Å². The number of aromatic nitrogens is 2. The van der Waals surface area contributed by atoms with E-state index in [1.165, 1.54) is 0 Å². The third kappa shape index (κ3) is 2.14. The van der Waals surface area contributed by atoms with Crippen LogP contribution in [-0.2, 0) is 0 Å². The van der Waals surface area contributed by atoms with Crippen LogP contribution in [0.3, 0.4) is 0 Å².